The van der Waals surface area contributed by atoms with Gasteiger partial charge in [0.15, 0.2) is 0 Å². The van der Waals surface area contributed by atoms with E-state index in [2.05, 4.69) is 13.8 Å². The van der Waals surface area contributed by atoms with Crippen molar-refractivity contribution in [2.75, 3.05) is 7.05 Å². The normalized spacial score (nSPS) is 11.4. The van der Waals surface area contributed by atoms with Crippen LogP contribution in [-0.4, -0.2) is 17.3 Å². The zero-order valence-electron chi connectivity index (χ0n) is 8.79. The van der Waals surface area contributed by atoms with E-state index in [-0.39, 0.29) is 0 Å². The van der Waals surface area contributed by atoms with E-state index >= 15 is 0 Å². The maximum Gasteiger partial charge on any atom is 0.0488 e. The summed E-state index contributed by atoms with van der Waals surface area (Å²) < 4.78 is 0. The summed E-state index contributed by atoms with van der Waals surface area (Å²) in [5.41, 5.74) is 2.31. The van der Waals surface area contributed by atoms with Gasteiger partial charge in [0.05, 0.1) is 0 Å². The molecule has 0 aliphatic heterocycles. The monoisotopic (exact) mass is 213 g/mol. The number of halogens is 1. The molecule has 14 heavy (non-hydrogen) atoms. The van der Waals surface area contributed by atoms with E-state index in [9.17, 15) is 5.21 Å². The first-order valence-electron chi connectivity index (χ1n) is 4.69. The second-order valence-corrected chi connectivity index (χ2v) is 4.25. The standard InChI is InChI=1S/C11H16ClNO/c1-8(2)11-5-4-10(12)6-9(11)7-13(3)14/h4-6,8,14H,7H2,1-3H3. The minimum atomic E-state index is 0.446. The molecule has 0 spiro atoms. The van der Waals surface area contributed by atoms with Crippen molar-refractivity contribution < 1.29 is 5.21 Å². The molecular formula is C11H16ClNO. The third-order valence-corrected chi connectivity index (χ3v) is 2.36. The highest BCUT2D eigenvalue weighted by molar-refractivity contribution is 6.30. The van der Waals surface area contributed by atoms with E-state index < -0.39 is 0 Å². The van der Waals surface area contributed by atoms with Gasteiger partial charge >= 0.3 is 0 Å². The third kappa shape index (κ3) is 2.98. The molecule has 0 bridgehead atoms. The van der Waals surface area contributed by atoms with Crippen LogP contribution in [0.5, 0.6) is 0 Å². The molecule has 0 aliphatic rings. The summed E-state index contributed by atoms with van der Waals surface area (Å²) in [6, 6.07) is 5.81. The molecule has 0 amide bonds. The molecule has 0 heterocycles. The molecular weight excluding hydrogens is 198 g/mol. The van der Waals surface area contributed by atoms with Gasteiger partial charge in [0.1, 0.15) is 0 Å². The smallest absolute Gasteiger partial charge is 0.0488 e. The average Bonchev–Trinajstić information content (AvgIpc) is 2.01. The highest BCUT2D eigenvalue weighted by atomic mass is 35.5. The number of hydrogen-bond acceptors (Lipinski definition) is 2. The van der Waals surface area contributed by atoms with E-state index in [0.717, 1.165) is 10.6 Å². The van der Waals surface area contributed by atoms with Crippen molar-refractivity contribution in [3.05, 3.63) is 34.3 Å². The lowest BCUT2D eigenvalue weighted by Crippen LogP contribution is -2.13. The lowest BCUT2D eigenvalue weighted by molar-refractivity contribution is -0.0733. The summed E-state index contributed by atoms with van der Waals surface area (Å²) >= 11 is 5.90. The minimum Gasteiger partial charge on any atom is -0.314 e. The highest BCUT2D eigenvalue weighted by Gasteiger charge is 2.08. The predicted octanol–water partition coefficient (Wildman–Crippen LogP) is 3.28. The molecule has 0 aliphatic carbocycles. The third-order valence-electron chi connectivity index (χ3n) is 2.13. The van der Waals surface area contributed by atoms with E-state index in [4.69, 9.17) is 11.6 Å². The molecule has 1 N–H and O–H groups in total. The fourth-order valence-corrected chi connectivity index (χ4v) is 1.72. The van der Waals surface area contributed by atoms with Crippen LogP contribution in [0.25, 0.3) is 0 Å². The zero-order valence-corrected chi connectivity index (χ0v) is 9.54. The van der Waals surface area contributed by atoms with Crippen LogP contribution < -0.4 is 0 Å². The molecule has 0 saturated carbocycles. The van der Waals surface area contributed by atoms with Crippen LogP contribution >= 0.6 is 11.6 Å². The van der Waals surface area contributed by atoms with Crippen LogP contribution in [0, 0.1) is 0 Å². The molecule has 1 aromatic carbocycles. The molecule has 0 radical (unpaired) electrons. The number of hydrogen-bond donors (Lipinski definition) is 1. The molecule has 78 valence electrons. The van der Waals surface area contributed by atoms with Crippen molar-refractivity contribution in [1.82, 2.24) is 5.06 Å². The van der Waals surface area contributed by atoms with Gasteiger partial charge < -0.3 is 5.21 Å². The van der Waals surface area contributed by atoms with E-state index in [1.165, 1.54) is 5.56 Å². The van der Waals surface area contributed by atoms with Gasteiger partial charge in [-0.2, -0.15) is 5.06 Å². The number of hydroxylamine groups is 2. The molecule has 0 atom stereocenters. The highest BCUT2D eigenvalue weighted by Crippen LogP contribution is 2.23. The SMILES string of the molecule is CC(C)c1ccc(Cl)cc1CN(C)O. The van der Waals surface area contributed by atoms with Crippen LogP contribution in [-0.2, 0) is 6.54 Å². The van der Waals surface area contributed by atoms with Crippen molar-refractivity contribution >= 4 is 11.6 Å². The second-order valence-electron chi connectivity index (χ2n) is 3.81. The minimum absolute atomic E-state index is 0.446. The first-order chi connectivity index (χ1) is 6.50. The summed E-state index contributed by atoms with van der Waals surface area (Å²) in [6.45, 7) is 4.77. The van der Waals surface area contributed by atoms with E-state index in [1.54, 1.807) is 7.05 Å². The van der Waals surface area contributed by atoms with Crippen LogP contribution in [0.15, 0.2) is 18.2 Å². The Labute approximate surface area is 90.1 Å². The first kappa shape index (κ1) is 11.5. The topological polar surface area (TPSA) is 23.5 Å². The van der Waals surface area contributed by atoms with Gasteiger partial charge in [0.2, 0.25) is 0 Å². The Bertz CT molecular complexity index is 310. The van der Waals surface area contributed by atoms with Crippen LogP contribution in [0.3, 0.4) is 0 Å². The molecule has 0 saturated heterocycles. The zero-order chi connectivity index (χ0) is 10.7. The molecule has 1 rings (SSSR count). The molecule has 0 unspecified atom stereocenters. The van der Waals surface area contributed by atoms with Gasteiger partial charge in [0.25, 0.3) is 0 Å². The number of benzene rings is 1. The van der Waals surface area contributed by atoms with Crippen molar-refractivity contribution in [3.8, 4) is 0 Å². The average molecular weight is 214 g/mol. The molecule has 1 aromatic rings. The first-order valence-corrected chi connectivity index (χ1v) is 5.07. The summed E-state index contributed by atoms with van der Waals surface area (Å²) in [4.78, 5) is 0. The summed E-state index contributed by atoms with van der Waals surface area (Å²) in [7, 11) is 1.63. The van der Waals surface area contributed by atoms with Crippen molar-refractivity contribution in [2.24, 2.45) is 0 Å². The molecule has 0 aromatic heterocycles. The molecule has 0 fully saturated rings. The Balaban J connectivity index is 3.03. The van der Waals surface area contributed by atoms with E-state index in [1.807, 2.05) is 18.2 Å². The largest absolute Gasteiger partial charge is 0.314 e. The van der Waals surface area contributed by atoms with Crippen LogP contribution in [0.1, 0.15) is 30.9 Å². The predicted molar refractivity (Wildman–Crippen MR) is 58.8 cm³/mol. The van der Waals surface area contributed by atoms with Crippen LogP contribution in [0.2, 0.25) is 5.02 Å². The number of nitrogens with zero attached hydrogens (tertiary/aromatic N) is 1. The quantitative estimate of drug-likeness (QED) is 0.779. The fourth-order valence-electron chi connectivity index (χ4n) is 1.52. The van der Waals surface area contributed by atoms with Gasteiger partial charge in [-0.25, -0.2) is 0 Å². The second kappa shape index (κ2) is 4.78. The Kier molecular flexibility index (Phi) is 3.93. The molecule has 2 nitrogen and oxygen atoms in total. The van der Waals surface area contributed by atoms with Gasteiger partial charge in [-0.15, -0.1) is 0 Å². The summed E-state index contributed by atoms with van der Waals surface area (Å²) in [5.74, 6) is 0.446. The van der Waals surface area contributed by atoms with Crippen molar-refractivity contribution in [1.29, 1.82) is 0 Å². The van der Waals surface area contributed by atoms with Crippen molar-refractivity contribution in [2.45, 2.75) is 26.3 Å². The summed E-state index contributed by atoms with van der Waals surface area (Å²) in [5, 5.41) is 11.1. The fraction of sp³-hybridized carbons (Fsp3) is 0.455. The Morgan fingerprint density at radius 3 is 2.57 bits per heavy atom. The van der Waals surface area contributed by atoms with Crippen molar-refractivity contribution in [3.63, 3.8) is 0 Å². The van der Waals surface area contributed by atoms with E-state index in [0.29, 0.717) is 17.5 Å². The van der Waals surface area contributed by atoms with Gasteiger partial charge in [-0.3, -0.25) is 0 Å². The Morgan fingerprint density at radius 1 is 1.43 bits per heavy atom. The van der Waals surface area contributed by atoms with Gasteiger partial charge in [-0.1, -0.05) is 31.5 Å². The van der Waals surface area contributed by atoms with Gasteiger partial charge in [0, 0.05) is 18.6 Å². The molecule has 3 heteroatoms. The Hall–Kier alpha value is -0.570. The van der Waals surface area contributed by atoms with Gasteiger partial charge in [-0.05, 0) is 29.2 Å². The maximum absolute atomic E-state index is 9.19. The number of rotatable bonds is 3. The van der Waals surface area contributed by atoms with Crippen LogP contribution in [0.4, 0.5) is 0 Å². The lowest BCUT2D eigenvalue weighted by Gasteiger charge is -2.15. The lowest BCUT2D eigenvalue weighted by atomic mass is 9.97. The maximum atomic E-state index is 9.19. The Morgan fingerprint density at radius 2 is 2.07 bits per heavy atom. The summed E-state index contributed by atoms with van der Waals surface area (Å²) in [6.07, 6.45) is 0.